The summed E-state index contributed by atoms with van der Waals surface area (Å²) in [6.07, 6.45) is 11.4. The lowest BCUT2D eigenvalue weighted by atomic mass is 9.89. The monoisotopic (exact) mass is 1080 g/mol. The predicted molar refractivity (Wildman–Crippen MR) is 286 cm³/mol. The number of imide groups is 1. The first-order valence-electron chi connectivity index (χ1n) is 25.8. The van der Waals surface area contributed by atoms with Crippen LogP contribution in [-0.4, -0.2) is 127 Å². The molecule has 4 aliphatic heterocycles. The minimum Gasteiger partial charge on any atom is -0.494 e. The number of methoxy groups -OCH3 is 1. The quantitative estimate of drug-likeness (QED) is 0.0676. The lowest BCUT2D eigenvalue weighted by Crippen LogP contribution is -2.53. The molecule has 1 saturated carbocycles. The van der Waals surface area contributed by atoms with E-state index in [-0.39, 0.29) is 30.0 Å². The molecule has 0 radical (unpaired) electrons. The highest BCUT2D eigenvalue weighted by molar-refractivity contribution is 9.10. The fraction of sp³-hybridized carbons (Fsp3) is 0.509. The minimum absolute atomic E-state index is 0.0673. The van der Waals surface area contributed by atoms with Crippen LogP contribution in [-0.2, 0) is 20.6 Å². The van der Waals surface area contributed by atoms with Crippen molar-refractivity contribution in [2.24, 2.45) is 5.92 Å². The van der Waals surface area contributed by atoms with Gasteiger partial charge in [0.05, 0.1) is 46.5 Å². The number of benzene rings is 3. The summed E-state index contributed by atoms with van der Waals surface area (Å²) in [5, 5.41) is 15.1. The zero-order valence-corrected chi connectivity index (χ0v) is 44.5. The Balaban J connectivity index is 0.709. The molecule has 73 heavy (non-hydrogen) atoms. The van der Waals surface area contributed by atoms with Crippen LogP contribution in [0.15, 0.2) is 58.1 Å². The largest absolute Gasteiger partial charge is 0.494 e. The lowest BCUT2D eigenvalue weighted by Gasteiger charge is -2.44. The van der Waals surface area contributed by atoms with Gasteiger partial charge in [0.1, 0.15) is 30.3 Å². The number of nitrogens with one attached hydrogen (secondary N) is 3. The van der Waals surface area contributed by atoms with Crippen molar-refractivity contribution < 1.29 is 27.7 Å². The first-order valence-corrected chi connectivity index (χ1v) is 29.2. The Kier molecular flexibility index (Phi) is 15.0. The fourth-order valence-electron chi connectivity index (χ4n) is 11.4. The van der Waals surface area contributed by atoms with E-state index in [9.17, 15) is 18.9 Å². The van der Waals surface area contributed by atoms with Gasteiger partial charge in [-0.3, -0.25) is 24.6 Å². The van der Waals surface area contributed by atoms with E-state index >= 15 is 8.78 Å². The number of ether oxygens (including phenoxy) is 1. The Labute approximate surface area is 433 Å². The molecule has 3 N–H and O–H groups in total. The highest BCUT2D eigenvalue weighted by Crippen LogP contribution is 2.43. The summed E-state index contributed by atoms with van der Waals surface area (Å²) in [4.78, 5) is 56.5. The Morgan fingerprint density at radius 1 is 0.822 bits per heavy atom. The maximum Gasteiger partial charge on any atom is 0.274 e. The molecule has 2 aromatic heterocycles. The number of carbonyl (C=O) groups is 2. The van der Waals surface area contributed by atoms with E-state index in [1.54, 1.807) is 49.6 Å². The van der Waals surface area contributed by atoms with Crippen LogP contribution in [0.3, 0.4) is 0 Å². The maximum atomic E-state index is 15.2. The molecule has 5 aliphatic rings. The molecule has 3 aromatic carbocycles. The van der Waals surface area contributed by atoms with Crippen LogP contribution in [0, 0.1) is 17.6 Å². The molecular weight excluding hydrogens is 1020 g/mol. The molecule has 5 aromatic rings. The van der Waals surface area contributed by atoms with Gasteiger partial charge in [0.2, 0.25) is 17.8 Å². The van der Waals surface area contributed by atoms with E-state index in [0.29, 0.717) is 61.4 Å². The van der Waals surface area contributed by atoms with Gasteiger partial charge < -0.3 is 34.6 Å². The van der Waals surface area contributed by atoms with E-state index in [2.05, 4.69) is 75.7 Å². The third kappa shape index (κ3) is 11.0. The third-order valence-electron chi connectivity index (χ3n) is 15.6. The molecule has 1 atom stereocenters. The summed E-state index contributed by atoms with van der Waals surface area (Å²) in [6, 6.07) is 11.2. The molecular formula is C53H65BrF2N11O5P. The number of rotatable bonds is 15. The third-order valence-corrected chi connectivity index (χ3v) is 17.8. The van der Waals surface area contributed by atoms with Crippen molar-refractivity contribution in [2.75, 3.05) is 99.8 Å². The number of halogens is 3. The second-order valence-corrected chi connectivity index (χ2v) is 24.7. The molecule has 5 fully saturated rings. The molecule has 1 unspecified atom stereocenters. The predicted octanol–water partition coefficient (Wildman–Crippen LogP) is 8.28. The van der Waals surface area contributed by atoms with E-state index in [1.165, 1.54) is 23.4 Å². The van der Waals surface area contributed by atoms with Gasteiger partial charge in [-0.05, 0) is 135 Å². The summed E-state index contributed by atoms with van der Waals surface area (Å²) < 4.78 is 52.4. The molecule has 1 aliphatic carbocycles. The Morgan fingerprint density at radius 2 is 1.53 bits per heavy atom. The van der Waals surface area contributed by atoms with Crippen LogP contribution in [0.25, 0.3) is 10.8 Å². The standard InChI is InChI=1S/C53H65BrF2N11O5P/c1-5-33-26-44(60-53-57-31-40(54)50(62-53)59-43-10-8-37-39(49(43)73(3,4)71)30-58-67(52(37)70)35-6-7-35)46(72-2)29-45(33)66-20-15-34(16-21-66)65-24-22-63(23-25-65)17-12-32-13-18-64(19-14-32)36-27-41(55)48(42(56)28-36)38-9-11-47(68)61-51(38)69/h8,10,26-32,34-35,38H,5-7,9,11-25H2,1-4H3,(H,61,68,69)(H2,57,59,60,62). The molecule has 20 heteroatoms. The summed E-state index contributed by atoms with van der Waals surface area (Å²) in [7, 11) is -1.24. The van der Waals surface area contributed by atoms with Gasteiger partial charge in [0.15, 0.2) is 0 Å². The highest BCUT2D eigenvalue weighted by Gasteiger charge is 2.35. The first-order chi connectivity index (χ1) is 35.1. The molecule has 2 amide bonds. The normalized spacial score (nSPS) is 19.9. The number of anilines is 6. The first kappa shape index (κ1) is 51.0. The summed E-state index contributed by atoms with van der Waals surface area (Å²) in [5.74, 6) is -1.47. The summed E-state index contributed by atoms with van der Waals surface area (Å²) in [5.41, 5.74) is 3.77. The smallest absolute Gasteiger partial charge is 0.274 e. The highest BCUT2D eigenvalue weighted by atomic mass is 79.9. The van der Waals surface area contributed by atoms with E-state index in [4.69, 9.17) is 9.72 Å². The van der Waals surface area contributed by atoms with Gasteiger partial charge in [-0.2, -0.15) is 10.1 Å². The van der Waals surface area contributed by atoms with E-state index in [1.807, 2.05) is 4.90 Å². The van der Waals surface area contributed by atoms with Gasteiger partial charge >= 0.3 is 0 Å². The molecule has 388 valence electrons. The molecule has 10 rings (SSSR count). The number of piperidine rings is 3. The van der Waals surface area contributed by atoms with E-state index < -0.39 is 36.5 Å². The van der Waals surface area contributed by atoms with Crippen molar-refractivity contribution in [1.29, 1.82) is 0 Å². The summed E-state index contributed by atoms with van der Waals surface area (Å²) >= 11 is 3.61. The van der Waals surface area contributed by atoms with Crippen molar-refractivity contribution in [1.82, 2.24) is 34.9 Å². The second-order valence-electron chi connectivity index (χ2n) is 20.7. The van der Waals surface area contributed by atoms with Crippen molar-refractivity contribution in [3.8, 4) is 5.75 Å². The minimum atomic E-state index is -2.91. The Morgan fingerprint density at radius 3 is 2.19 bits per heavy atom. The zero-order valence-electron chi connectivity index (χ0n) is 42.1. The lowest BCUT2D eigenvalue weighted by molar-refractivity contribution is -0.134. The van der Waals surface area contributed by atoms with Crippen LogP contribution >= 0.6 is 23.1 Å². The zero-order chi connectivity index (χ0) is 51.1. The molecule has 16 nitrogen and oxygen atoms in total. The second kappa shape index (κ2) is 21.4. The van der Waals surface area contributed by atoms with Crippen molar-refractivity contribution in [3.63, 3.8) is 0 Å². The number of hydrogen-bond acceptors (Lipinski definition) is 14. The van der Waals surface area contributed by atoms with Gasteiger partial charge in [0.25, 0.3) is 5.56 Å². The molecule has 0 bridgehead atoms. The van der Waals surface area contributed by atoms with E-state index in [0.717, 1.165) is 116 Å². The summed E-state index contributed by atoms with van der Waals surface area (Å²) in [6.45, 7) is 14.2. The van der Waals surface area contributed by atoms with Crippen molar-refractivity contribution in [2.45, 2.75) is 89.1 Å². The van der Waals surface area contributed by atoms with Gasteiger partial charge in [-0.25, -0.2) is 18.4 Å². The van der Waals surface area contributed by atoms with Gasteiger partial charge in [-0.1, -0.05) is 6.92 Å². The fourth-order valence-corrected chi connectivity index (χ4v) is 13.2. The van der Waals surface area contributed by atoms with Crippen LogP contribution in [0.4, 0.5) is 43.3 Å². The Bertz CT molecular complexity index is 3000. The van der Waals surface area contributed by atoms with Crippen LogP contribution in [0.2, 0.25) is 0 Å². The SMILES string of the molecule is CCc1cc(Nc2ncc(Br)c(Nc3ccc4c(=O)n(C5CC5)ncc4c3P(C)(C)=O)n2)c(OC)cc1N1CCC(N2CCN(CCC3CCN(c4cc(F)c(C5CCC(=O)NC5=O)c(F)c4)CC3)CC2)CC1. The Hall–Kier alpha value is -5.49. The molecule has 6 heterocycles. The number of amides is 2. The van der Waals surface area contributed by atoms with Crippen molar-refractivity contribution in [3.05, 3.63) is 86.4 Å². The number of carbonyl (C=O) groups excluding carboxylic acids is 2. The maximum absolute atomic E-state index is 15.2. The number of nitrogens with zero attached hydrogens (tertiary/aromatic N) is 8. The van der Waals surface area contributed by atoms with Crippen LogP contribution in [0.5, 0.6) is 5.75 Å². The average molecular weight is 1090 g/mol. The average Bonchev–Trinajstić information content (AvgIpc) is 4.23. The van der Waals surface area contributed by atoms with Crippen molar-refractivity contribution >= 4 is 85.5 Å². The van der Waals surface area contributed by atoms with Crippen LogP contribution < -0.4 is 41.4 Å². The van der Waals surface area contributed by atoms with Crippen LogP contribution in [0.1, 0.15) is 87.8 Å². The number of fused-ring (bicyclic) bond motifs is 1. The number of hydrogen-bond donors (Lipinski definition) is 3. The number of aryl methyl sites for hydroxylation is 1. The topological polar surface area (TPSA) is 170 Å². The molecule has 4 saturated heterocycles. The van der Waals surface area contributed by atoms with Gasteiger partial charge in [0, 0.05) is 105 Å². The van der Waals surface area contributed by atoms with Gasteiger partial charge in [-0.15, -0.1) is 0 Å². The number of aromatic nitrogens is 4. The number of piperazine rings is 1. The molecule has 0 spiro atoms.